The Kier molecular flexibility index (Phi) is 6.32. The fraction of sp³-hybridized carbons (Fsp3) is 0.150. The van der Waals surface area contributed by atoms with Gasteiger partial charge >= 0.3 is 5.97 Å². The van der Waals surface area contributed by atoms with Gasteiger partial charge in [-0.2, -0.15) is 0 Å². The Morgan fingerprint density at radius 2 is 2.00 bits per heavy atom. The van der Waals surface area contributed by atoms with Crippen LogP contribution in [0.4, 0.5) is 5.69 Å². The summed E-state index contributed by atoms with van der Waals surface area (Å²) in [4.78, 5) is 30.6. The summed E-state index contributed by atoms with van der Waals surface area (Å²) in [7, 11) is 0. The maximum absolute atomic E-state index is 13.0. The average Bonchev–Trinajstić information content (AvgIpc) is 2.96. The second-order valence-electron chi connectivity index (χ2n) is 5.55. The van der Waals surface area contributed by atoms with E-state index in [2.05, 4.69) is 4.99 Å². The van der Waals surface area contributed by atoms with Gasteiger partial charge in [0.25, 0.3) is 5.91 Å². The number of carbonyl (C=O) groups excluding carboxylic acids is 2. The van der Waals surface area contributed by atoms with Gasteiger partial charge in [0, 0.05) is 5.02 Å². The van der Waals surface area contributed by atoms with Crippen LogP contribution in [-0.2, 0) is 14.3 Å². The minimum atomic E-state index is -0.357. The number of ether oxygens (including phenoxy) is 1. The molecule has 1 amide bonds. The van der Waals surface area contributed by atoms with E-state index in [9.17, 15) is 9.59 Å². The molecule has 0 N–H and O–H groups in total. The van der Waals surface area contributed by atoms with Gasteiger partial charge in [0.05, 0.1) is 18.0 Å². The van der Waals surface area contributed by atoms with Gasteiger partial charge in [0.15, 0.2) is 5.17 Å². The third kappa shape index (κ3) is 4.78. The molecule has 1 aliphatic heterocycles. The van der Waals surface area contributed by atoms with Crippen molar-refractivity contribution in [2.75, 3.05) is 17.3 Å². The molecule has 3 rings (SSSR count). The Balaban J connectivity index is 1.92. The predicted octanol–water partition coefficient (Wildman–Crippen LogP) is 4.38. The van der Waals surface area contributed by atoms with Crippen LogP contribution >= 0.6 is 23.4 Å². The Bertz CT molecular complexity index is 912. The molecule has 0 fully saturated rings. The molecule has 2 aromatic carbocycles. The summed E-state index contributed by atoms with van der Waals surface area (Å²) in [6.45, 7) is 2.06. The number of halogens is 1. The summed E-state index contributed by atoms with van der Waals surface area (Å²) < 4.78 is 4.96. The van der Waals surface area contributed by atoms with Crippen LogP contribution in [0.1, 0.15) is 12.5 Å². The van der Waals surface area contributed by atoms with E-state index >= 15 is 0 Å². The van der Waals surface area contributed by atoms with E-state index in [1.165, 1.54) is 4.90 Å². The highest BCUT2D eigenvalue weighted by atomic mass is 35.5. The topological polar surface area (TPSA) is 59.0 Å². The van der Waals surface area contributed by atoms with Crippen LogP contribution in [0, 0.1) is 0 Å². The van der Waals surface area contributed by atoms with Crippen LogP contribution in [-0.4, -0.2) is 29.4 Å². The zero-order valence-electron chi connectivity index (χ0n) is 14.6. The van der Waals surface area contributed by atoms with Crippen LogP contribution in [0.2, 0.25) is 5.02 Å². The molecule has 0 bridgehead atoms. The summed E-state index contributed by atoms with van der Waals surface area (Å²) >= 11 is 7.24. The molecule has 0 radical (unpaired) electrons. The van der Waals surface area contributed by atoms with Gasteiger partial charge < -0.3 is 4.74 Å². The molecule has 1 aliphatic rings. The number of nitrogens with zero attached hydrogens (tertiary/aromatic N) is 2. The van der Waals surface area contributed by atoms with E-state index in [0.717, 1.165) is 17.3 Å². The highest BCUT2D eigenvalue weighted by Crippen LogP contribution is 2.30. The predicted molar refractivity (Wildman–Crippen MR) is 110 cm³/mol. The standard InChI is InChI=1S/C20H17ClN2O3S/c1-2-26-18(24)13-27-20-22-17(11-14-7-4-3-5-8-14)19(25)23(20)16-10-6-9-15(21)12-16/h3-12H,2,13H2,1H3/b17-11+. The molecule has 0 saturated heterocycles. The first-order chi connectivity index (χ1) is 13.1. The number of benzene rings is 2. The molecule has 2 aromatic rings. The Morgan fingerprint density at radius 3 is 2.70 bits per heavy atom. The molecule has 0 atom stereocenters. The Hall–Kier alpha value is -2.57. The summed E-state index contributed by atoms with van der Waals surface area (Å²) in [6.07, 6.45) is 1.72. The molecule has 1 heterocycles. The monoisotopic (exact) mass is 400 g/mol. The maximum Gasteiger partial charge on any atom is 0.316 e. The van der Waals surface area contributed by atoms with E-state index in [1.807, 2.05) is 30.3 Å². The van der Waals surface area contributed by atoms with Crippen molar-refractivity contribution < 1.29 is 14.3 Å². The summed E-state index contributed by atoms with van der Waals surface area (Å²) in [5.74, 6) is -0.563. The van der Waals surface area contributed by atoms with Crippen molar-refractivity contribution in [1.29, 1.82) is 0 Å². The first kappa shape index (κ1) is 19.2. The van der Waals surface area contributed by atoms with Gasteiger partial charge in [0.2, 0.25) is 0 Å². The number of anilines is 1. The smallest absolute Gasteiger partial charge is 0.316 e. The number of esters is 1. The van der Waals surface area contributed by atoms with Crippen LogP contribution in [0.5, 0.6) is 0 Å². The number of carbonyl (C=O) groups is 2. The molecule has 0 unspecified atom stereocenters. The highest BCUT2D eigenvalue weighted by Gasteiger charge is 2.32. The second-order valence-corrected chi connectivity index (χ2v) is 6.93. The quantitative estimate of drug-likeness (QED) is 0.552. The highest BCUT2D eigenvalue weighted by molar-refractivity contribution is 8.14. The maximum atomic E-state index is 13.0. The first-order valence-electron chi connectivity index (χ1n) is 8.32. The zero-order valence-corrected chi connectivity index (χ0v) is 16.2. The van der Waals surface area contributed by atoms with E-state index in [1.54, 1.807) is 37.3 Å². The van der Waals surface area contributed by atoms with Crippen molar-refractivity contribution in [2.45, 2.75) is 6.92 Å². The van der Waals surface area contributed by atoms with E-state index in [-0.39, 0.29) is 17.6 Å². The largest absolute Gasteiger partial charge is 0.465 e. The van der Waals surface area contributed by atoms with Crippen LogP contribution in [0.25, 0.3) is 6.08 Å². The number of aliphatic imine (C=N–C) groups is 1. The van der Waals surface area contributed by atoms with Gasteiger partial charge in [-0.3, -0.25) is 14.5 Å². The van der Waals surface area contributed by atoms with Gasteiger partial charge in [-0.25, -0.2) is 4.99 Å². The van der Waals surface area contributed by atoms with Crippen molar-refractivity contribution in [1.82, 2.24) is 0 Å². The fourth-order valence-corrected chi connectivity index (χ4v) is 3.46. The molecular weight excluding hydrogens is 384 g/mol. The third-order valence-electron chi connectivity index (χ3n) is 3.62. The number of thioether (sulfide) groups is 1. The molecule has 0 spiro atoms. The Labute approximate surface area is 166 Å². The summed E-state index contributed by atoms with van der Waals surface area (Å²) in [5, 5.41) is 0.924. The lowest BCUT2D eigenvalue weighted by Gasteiger charge is -2.17. The van der Waals surface area contributed by atoms with E-state index < -0.39 is 0 Å². The summed E-state index contributed by atoms with van der Waals surface area (Å²) in [5.41, 5.74) is 1.76. The number of hydrogen-bond acceptors (Lipinski definition) is 5. The molecule has 7 heteroatoms. The van der Waals surface area contributed by atoms with E-state index in [0.29, 0.717) is 28.2 Å². The normalized spacial score (nSPS) is 15.2. The zero-order chi connectivity index (χ0) is 19.2. The van der Waals surface area contributed by atoms with Gasteiger partial charge in [-0.05, 0) is 36.8 Å². The van der Waals surface area contributed by atoms with Crippen LogP contribution in [0.15, 0.2) is 65.3 Å². The molecule has 138 valence electrons. The number of amides is 1. The van der Waals surface area contributed by atoms with Crippen molar-refractivity contribution in [3.63, 3.8) is 0 Å². The van der Waals surface area contributed by atoms with Crippen LogP contribution in [0.3, 0.4) is 0 Å². The van der Waals surface area contributed by atoms with Crippen LogP contribution < -0.4 is 4.90 Å². The lowest BCUT2D eigenvalue weighted by atomic mass is 10.2. The fourth-order valence-electron chi connectivity index (χ4n) is 2.47. The van der Waals surface area contributed by atoms with E-state index in [4.69, 9.17) is 16.3 Å². The number of rotatable bonds is 5. The van der Waals surface area contributed by atoms with Gasteiger partial charge in [-0.15, -0.1) is 0 Å². The molecule has 27 heavy (non-hydrogen) atoms. The van der Waals surface area contributed by atoms with Crippen molar-refractivity contribution >= 4 is 52.2 Å². The summed E-state index contributed by atoms with van der Waals surface area (Å²) in [6, 6.07) is 16.4. The molecule has 0 aliphatic carbocycles. The third-order valence-corrected chi connectivity index (χ3v) is 4.77. The number of amidine groups is 1. The number of hydrogen-bond donors (Lipinski definition) is 0. The SMILES string of the molecule is CCOC(=O)CSC1=N/C(=C/c2ccccc2)C(=O)N1c1cccc(Cl)c1. The van der Waals surface area contributed by atoms with Crippen molar-refractivity contribution in [3.8, 4) is 0 Å². The van der Waals surface area contributed by atoms with Crippen molar-refractivity contribution in [2.24, 2.45) is 4.99 Å². The lowest BCUT2D eigenvalue weighted by Crippen LogP contribution is -2.31. The minimum absolute atomic E-state index is 0.0651. The Morgan fingerprint density at radius 1 is 1.22 bits per heavy atom. The molecule has 0 aromatic heterocycles. The second kappa shape index (κ2) is 8.88. The van der Waals surface area contributed by atoms with Gasteiger partial charge in [0.1, 0.15) is 5.70 Å². The average molecular weight is 401 g/mol. The molecule has 5 nitrogen and oxygen atoms in total. The lowest BCUT2D eigenvalue weighted by molar-refractivity contribution is -0.139. The molecular formula is C20H17ClN2O3S. The first-order valence-corrected chi connectivity index (χ1v) is 9.68. The molecule has 0 saturated carbocycles. The van der Waals surface area contributed by atoms with Gasteiger partial charge in [-0.1, -0.05) is 59.8 Å². The van der Waals surface area contributed by atoms with Crippen molar-refractivity contribution in [3.05, 3.63) is 70.9 Å². The minimum Gasteiger partial charge on any atom is -0.465 e.